The van der Waals surface area contributed by atoms with E-state index in [0.29, 0.717) is 6.54 Å². The van der Waals surface area contributed by atoms with Gasteiger partial charge in [-0.25, -0.2) is 9.59 Å². The highest BCUT2D eigenvalue weighted by molar-refractivity contribution is 5.89. The van der Waals surface area contributed by atoms with E-state index in [0.717, 1.165) is 4.90 Å². The maximum absolute atomic E-state index is 11.7. The first-order valence-electron chi connectivity index (χ1n) is 5.23. The number of carboxylic acid groups (broad SMARTS) is 1. The van der Waals surface area contributed by atoms with Crippen LogP contribution in [0.1, 0.15) is 6.42 Å². The second kappa shape index (κ2) is 5.84. The highest BCUT2D eigenvalue weighted by Crippen LogP contribution is 1.98. The van der Waals surface area contributed by atoms with E-state index in [-0.39, 0.29) is 19.0 Å². The Labute approximate surface area is 102 Å². The second-order valence-corrected chi connectivity index (χ2v) is 3.78. The molecule has 100 valence electrons. The van der Waals surface area contributed by atoms with Crippen LogP contribution in [0.15, 0.2) is 0 Å². The molecule has 0 radical (unpaired) electrons. The van der Waals surface area contributed by atoms with E-state index in [1.165, 1.54) is 0 Å². The molecule has 9 nitrogen and oxygen atoms in total. The van der Waals surface area contributed by atoms with Crippen molar-refractivity contribution in [3.05, 3.63) is 0 Å². The summed E-state index contributed by atoms with van der Waals surface area (Å²) >= 11 is 0. The topological polar surface area (TPSA) is 142 Å². The highest BCUT2D eigenvalue weighted by Gasteiger charge is 2.27. The monoisotopic (exact) mass is 258 g/mol. The molecule has 0 bridgehead atoms. The first-order valence-corrected chi connectivity index (χ1v) is 5.23. The van der Waals surface area contributed by atoms with Crippen LogP contribution in [0.2, 0.25) is 0 Å². The summed E-state index contributed by atoms with van der Waals surface area (Å²) in [6, 6.07) is -2.10. The van der Waals surface area contributed by atoms with Crippen LogP contribution in [-0.4, -0.2) is 59.5 Å². The van der Waals surface area contributed by atoms with Crippen LogP contribution >= 0.6 is 0 Å². The Morgan fingerprint density at radius 2 is 2.17 bits per heavy atom. The molecule has 0 aliphatic carbocycles. The maximum Gasteiger partial charge on any atom is 0.326 e. The van der Waals surface area contributed by atoms with Gasteiger partial charge in [-0.3, -0.25) is 9.59 Å². The molecule has 4 amide bonds. The lowest BCUT2D eigenvalue weighted by Gasteiger charge is -2.27. The van der Waals surface area contributed by atoms with Gasteiger partial charge < -0.3 is 26.4 Å². The van der Waals surface area contributed by atoms with Crippen molar-refractivity contribution in [3.63, 3.8) is 0 Å². The van der Waals surface area contributed by atoms with E-state index in [2.05, 4.69) is 10.6 Å². The van der Waals surface area contributed by atoms with Gasteiger partial charge in [0.05, 0.1) is 6.42 Å². The van der Waals surface area contributed by atoms with Crippen LogP contribution in [0.25, 0.3) is 0 Å². The molecule has 18 heavy (non-hydrogen) atoms. The van der Waals surface area contributed by atoms with Gasteiger partial charge in [0.2, 0.25) is 11.8 Å². The minimum Gasteiger partial charge on any atom is -0.480 e. The SMILES string of the molecule is NC(=O)C[C@H](NC(=O)N1CCNC(=O)C1)C(=O)O. The van der Waals surface area contributed by atoms with Crippen molar-refractivity contribution in [2.24, 2.45) is 5.73 Å². The molecule has 1 aliphatic heterocycles. The summed E-state index contributed by atoms with van der Waals surface area (Å²) in [4.78, 5) is 45.3. The Kier molecular flexibility index (Phi) is 4.46. The Balaban J connectivity index is 2.57. The van der Waals surface area contributed by atoms with Gasteiger partial charge in [0.25, 0.3) is 0 Å². The summed E-state index contributed by atoms with van der Waals surface area (Å²) in [6.07, 6.45) is -0.499. The number of carbonyl (C=O) groups excluding carboxylic acids is 3. The summed E-state index contributed by atoms with van der Waals surface area (Å²) in [7, 11) is 0. The van der Waals surface area contributed by atoms with Crippen LogP contribution in [0.3, 0.4) is 0 Å². The summed E-state index contributed by atoms with van der Waals surface area (Å²) in [6.45, 7) is 0.440. The fraction of sp³-hybridized carbons (Fsp3) is 0.556. The van der Waals surface area contributed by atoms with Crippen molar-refractivity contribution >= 4 is 23.8 Å². The average Bonchev–Trinajstić information content (AvgIpc) is 2.27. The fourth-order valence-corrected chi connectivity index (χ4v) is 1.45. The number of nitrogens with zero attached hydrogens (tertiary/aromatic N) is 1. The van der Waals surface area contributed by atoms with Crippen LogP contribution in [-0.2, 0) is 14.4 Å². The fourth-order valence-electron chi connectivity index (χ4n) is 1.45. The van der Waals surface area contributed by atoms with Gasteiger partial charge in [0.1, 0.15) is 12.6 Å². The standard InChI is InChI=1S/C9H14N4O5/c10-6(14)3-5(8(16)17)12-9(18)13-2-1-11-7(15)4-13/h5H,1-4H2,(H2,10,14)(H,11,15)(H,12,18)(H,16,17)/t5-/m0/s1. The first kappa shape index (κ1) is 13.7. The molecule has 0 unspecified atom stereocenters. The van der Waals surface area contributed by atoms with E-state index in [4.69, 9.17) is 10.8 Å². The predicted octanol–water partition coefficient (Wildman–Crippen LogP) is -2.54. The quantitative estimate of drug-likeness (QED) is 0.439. The molecule has 1 atom stereocenters. The van der Waals surface area contributed by atoms with E-state index in [9.17, 15) is 19.2 Å². The lowest BCUT2D eigenvalue weighted by Crippen LogP contribution is -2.56. The third-order valence-electron chi connectivity index (χ3n) is 2.33. The van der Waals surface area contributed by atoms with E-state index >= 15 is 0 Å². The van der Waals surface area contributed by atoms with Crippen molar-refractivity contribution in [2.45, 2.75) is 12.5 Å². The van der Waals surface area contributed by atoms with Crippen molar-refractivity contribution in [2.75, 3.05) is 19.6 Å². The molecular weight excluding hydrogens is 244 g/mol. The summed E-state index contributed by atoms with van der Waals surface area (Å²) < 4.78 is 0. The first-order chi connectivity index (χ1) is 8.40. The Morgan fingerprint density at radius 1 is 1.50 bits per heavy atom. The number of rotatable bonds is 4. The minimum atomic E-state index is -1.39. The van der Waals surface area contributed by atoms with Gasteiger partial charge in [-0.15, -0.1) is 0 Å². The number of nitrogens with two attached hydrogens (primary N) is 1. The van der Waals surface area contributed by atoms with Crippen molar-refractivity contribution in [1.82, 2.24) is 15.5 Å². The van der Waals surface area contributed by atoms with Crippen LogP contribution < -0.4 is 16.4 Å². The highest BCUT2D eigenvalue weighted by atomic mass is 16.4. The molecule has 1 heterocycles. The van der Waals surface area contributed by atoms with E-state index < -0.39 is 30.4 Å². The third-order valence-corrected chi connectivity index (χ3v) is 2.33. The van der Waals surface area contributed by atoms with Gasteiger partial charge in [0.15, 0.2) is 0 Å². The Morgan fingerprint density at radius 3 is 2.67 bits per heavy atom. The number of piperazine rings is 1. The van der Waals surface area contributed by atoms with Gasteiger partial charge in [-0.1, -0.05) is 0 Å². The second-order valence-electron chi connectivity index (χ2n) is 3.78. The number of carboxylic acids is 1. The lowest BCUT2D eigenvalue weighted by atomic mass is 10.2. The van der Waals surface area contributed by atoms with Crippen molar-refractivity contribution in [3.8, 4) is 0 Å². The lowest BCUT2D eigenvalue weighted by molar-refractivity contribution is -0.140. The van der Waals surface area contributed by atoms with Gasteiger partial charge in [-0.2, -0.15) is 0 Å². The average molecular weight is 258 g/mol. The zero-order chi connectivity index (χ0) is 13.7. The zero-order valence-electron chi connectivity index (χ0n) is 9.51. The van der Waals surface area contributed by atoms with Crippen LogP contribution in [0, 0.1) is 0 Å². The summed E-state index contributed by atoms with van der Waals surface area (Å²) in [5, 5.41) is 13.5. The number of hydrogen-bond donors (Lipinski definition) is 4. The number of primary amides is 1. The number of hydrogen-bond acceptors (Lipinski definition) is 4. The Hall–Kier alpha value is -2.32. The largest absolute Gasteiger partial charge is 0.480 e. The third kappa shape index (κ3) is 3.92. The molecule has 0 aromatic heterocycles. The number of nitrogens with one attached hydrogen (secondary N) is 2. The summed E-state index contributed by atoms with van der Waals surface area (Å²) in [5.41, 5.74) is 4.88. The van der Waals surface area contributed by atoms with Crippen molar-refractivity contribution in [1.29, 1.82) is 0 Å². The Bertz CT molecular complexity index is 383. The molecule has 5 N–H and O–H groups in total. The molecule has 1 saturated heterocycles. The number of aliphatic carboxylic acids is 1. The maximum atomic E-state index is 11.7. The van der Waals surface area contributed by atoms with Crippen LogP contribution in [0.4, 0.5) is 4.79 Å². The zero-order valence-corrected chi connectivity index (χ0v) is 9.51. The molecule has 0 aromatic rings. The molecule has 1 rings (SSSR count). The molecule has 0 spiro atoms. The van der Waals surface area contributed by atoms with Gasteiger partial charge in [0, 0.05) is 13.1 Å². The molecular formula is C9H14N4O5. The van der Waals surface area contributed by atoms with Crippen LogP contribution in [0.5, 0.6) is 0 Å². The van der Waals surface area contributed by atoms with Crippen molar-refractivity contribution < 1.29 is 24.3 Å². The normalized spacial score (nSPS) is 16.7. The molecule has 9 heteroatoms. The predicted molar refractivity (Wildman–Crippen MR) is 58.3 cm³/mol. The van der Waals surface area contributed by atoms with E-state index in [1.54, 1.807) is 0 Å². The molecule has 0 saturated carbocycles. The molecule has 1 fully saturated rings. The van der Waals surface area contributed by atoms with Gasteiger partial charge in [-0.05, 0) is 0 Å². The number of amides is 4. The number of carbonyl (C=O) groups is 4. The minimum absolute atomic E-state index is 0.144. The number of urea groups is 1. The molecule has 0 aromatic carbocycles. The summed E-state index contributed by atoms with van der Waals surface area (Å²) in [5.74, 6) is -2.51. The van der Waals surface area contributed by atoms with E-state index in [1.807, 2.05) is 0 Å². The van der Waals surface area contributed by atoms with Gasteiger partial charge >= 0.3 is 12.0 Å². The smallest absolute Gasteiger partial charge is 0.326 e. The molecule has 1 aliphatic rings.